The molecule has 0 unspecified atom stereocenters. The number of aryl methyl sites for hydroxylation is 1. The molecule has 0 aliphatic carbocycles. The standard InChI is InChI=1S/C13H21N3O/c1-4-7-15(6-3)13(17)12-9-11(14)10-16(12)8-5-2/h4,9-10H,1,5-8,14H2,2-3H3. The summed E-state index contributed by atoms with van der Waals surface area (Å²) < 4.78 is 1.92. The van der Waals surface area contributed by atoms with Gasteiger partial charge >= 0.3 is 0 Å². The van der Waals surface area contributed by atoms with Gasteiger partial charge in [-0.2, -0.15) is 0 Å². The van der Waals surface area contributed by atoms with Gasteiger partial charge in [0.05, 0.1) is 5.69 Å². The van der Waals surface area contributed by atoms with Gasteiger partial charge in [-0.1, -0.05) is 13.0 Å². The number of nitrogens with zero attached hydrogens (tertiary/aromatic N) is 2. The molecule has 1 rings (SSSR count). The molecule has 0 atom stereocenters. The molecule has 0 aliphatic heterocycles. The van der Waals surface area contributed by atoms with Crippen molar-refractivity contribution in [3.05, 3.63) is 30.6 Å². The summed E-state index contributed by atoms with van der Waals surface area (Å²) in [4.78, 5) is 14.0. The van der Waals surface area contributed by atoms with Crippen LogP contribution in [0.15, 0.2) is 24.9 Å². The van der Waals surface area contributed by atoms with Gasteiger partial charge in [-0.05, 0) is 19.4 Å². The van der Waals surface area contributed by atoms with Gasteiger partial charge in [0.25, 0.3) is 5.91 Å². The maximum atomic E-state index is 12.3. The Kier molecular flexibility index (Phi) is 4.82. The molecular formula is C13H21N3O. The summed E-state index contributed by atoms with van der Waals surface area (Å²) in [6, 6.07) is 1.74. The molecule has 4 heteroatoms. The molecule has 1 amide bonds. The van der Waals surface area contributed by atoms with Crippen LogP contribution in [0.5, 0.6) is 0 Å². The molecule has 1 aromatic rings. The molecule has 0 fully saturated rings. The molecule has 94 valence electrons. The molecule has 0 aromatic carbocycles. The smallest absolute Gasteiger partial charge is 0.270 e. The summed E-state index contributed by atoms with van der Waals surface area (Å²) in [7, 11) is 0. The van der Waals surface area contributed by atoms with Gasteiger partial charge in [0.2, 0.25) is 0 Å². The molecule has 0 spiro atoms. The first-order chi connectivity index (χ1) is 8.13. The Morgan fingerprint density at radius 1 is 1.59 bits per heavy atom. The maximum absolute atomic E-state index is 12.3. The number of aromatic nitrogens is 1. The fraction of sp³-hybridized carbons (Fsp3) is 0.462. The minimum atomic E-state index is 0.0116. The van der Waals surface area contributed by atoms with E-state index in [1.165, 1.54) is 0 Å². The third kappa shape index (κ3) is 3.12. The highest BCUT2D eigenvalue weighted by atomic mass is 16.2. The topological polar surface area (TPSA) is 51.3 Å². The van der Waals surface area contributed by atoms with E-state index >= 15 is 0 Å². The quantitative estimate of drug-likeness (QED) is 0.768. The Morgan fingerprint density at radius 2 is 2.29 bits per heavy atom. The number of nitrogen functional groups attached to an aromatic ring is 1. The fourth-order valence-corrected chi connectivity index (χ4v) is 1.81. The first-order valence-corrected chi connectivity index (χ1v) is 5.99. The van der Waals surface area contributed by atoms with Crippen LogP contribution in [-0.2, 0) is 6.54 Å². The van der Waals surface area contributed by atoms with Gasteiger partial charge in [-0.3, -0.25) is 4.79 Å². The zero-order valence-corrected chi connectivity index (χ0v) is 10.6. The van der Waals surface area contributed by atoms with Crippen molar-refractivity contribution in [2.75, 3.05) is 18.8 Å². The predicted molar refractivity (Wildman–Crippen MR) is 70.9 cm³/mol. The second kappa shape index (κ2) is 6.13. The Balaban J connectivity index is 2.96. The molecule has 0 bridgehead atoms. The van der Waals surface area contributed by atoms with E-state index in [-0.39, 0.29) is 5.91 Å². The predicted octanol–water partition coefficient (Wildman–Crippen LogP) is 2.13. The number of anilines is 1. The van der Waals surface area contributed by atoms with Crippen LogP contribution in [-0.4, -0.2) is 28.5 Å². The molecule has 4 nitrogen and oxygen atoms in total. The number of hydrogen-bond acceptors (Lipinski definition) is 2. The van der Waals surface area contributed by atoms with Crippen LogP contribution in [0, 0.1) is 0 Å². The van der Waals surface area contributed by atoms with Crippen molar-refractivity contribution in [1.82, 2.24) is 9.47 Å². The van der Waals surface area contributed by atoms with E-state index in [0.29, 0.717) is 24.5 Å². The van der Waals surface area contributed by atoms with E-state index in [1.807, 2.05) is 17.7 Å². The number of carbonyl (C=O) groups is 1. The highest BCUT2D eigenvalue weighted by Crippen LogP contribution is 2.14. The Hall–Kier alpha value is -1.71. The van der Waals surface area contributed by atoms with Crippen LogP contribution >= 0.6 is 0 Å². The van der Waals surface area contributed by atoms with Crippen LogP contribution < -0.4 is 5.73 Å². The summed E-state index contributed by atoms with van der Waals surface area (Å²) in [6.07, 6.45) is 4.53. The number of likely N-dealkylation sites (N-methyl/N-ethyl adjacent to an activating group) is 1. The van der Waals surface area contributed by atoms with Crippen molar-refractivity contribution < 1.29 is 4.79 Å². The lowest BCUT2D eigenvalue weighted by Gasteiger charge is -2.19. The summed E-state index contributed by atoms with van der Waals surface area (Å²) in [5.74, 6) is 0.0116. The van der Waals surface area contributed by atoms with Crippen LogP contribution in [0.3, 0.4) is 0 Å². The van der Waals surface area contributed by atoms with Crippen LogP contribution in [0.2, 0.25) is 0 Å². The summed E-state index contributed by atoms with van der Waals surface area (Å²) in [5, 5.41) is 0. The largest absolute Gasteiger partial charge is 0.397 e. The van der Waals surface area contributed by atoms with Gasteiger partial charge in [0.1, 0.15) is 5.69 Å². The fourth-order valence-electron chi connectivity index (χ4n) is 1.81. The molecule has 0 radical (unpaired) electrons. The minimum Gasteiger partial charge on any atom is -0.397 e. The van der Waals surface area contributed by atoms with Gasteiger partial charge in [0.15, 0.2) is 0 Å². The number of nitrogens with two attached hydrogens (primary N) is 1. The molecule has 1 heterocycles. The monoisotopic (exact) mass is 235 g/mol. The highest BCUT2D eigenvalue weighted by molar-refractivity contribution is 5.94. The van der Waals surface area contributed by atoms with E-state index in [0.717, 1.165) is 13.0 Å². The summed E-state index contributed by atoms with van der Waals surface area (Å²) in [6.45, 7) is 9.73. The molecule has 0 saturated heterocycles. The lowest BCUT2D eigenvalue weighted by Crippen LogP contribution is -2.32. The SMILES string of the molecule is C=CCN(CC)C(=O)c1cc(N)cn1CCC. The van der Waals surface area contributed by atoms with E-state index in [4.69, 9.17) is 5.73 Å². The third-order valence-electron chi connectivity index (χ3n) is 2.62. The van der Waals surface area contributed by atoms with Crippen LogP contribution in [0.1, 0.15) is 30.8 Å². The zero-order valence-electron chi connectivity index (χ0n) is 10.6. The van der Waals surface area contributed by atoms with Crippen molar-refractivity contribution in [2.45, 2.75) is 26.8 Å². The van der Waals surface area contributed by atoms with E-state index in [2.05, 4.69) is 13.5 Å². The molecule has 1 aromatic heterocycles. The van der Waals surface area contributed by atoms with Crippen molar-refractivity contribution >= 4 is 11.6 Å². The normalized spacial score (nSPS) is 10.2. The highest BCUT2D eigenvalue weighted by Gasteiger charge is 2.17. The molecule has 0 saturated carbocycles. The molecule has 2 N–H and O–H groups in total. The van der Waals surface area contributed by atoms with Gasteiger partial charge in [0, 0.05) is 25.8 Å². The minimum absolute atomic E-state index is 0.0116. The molecular weight excluding hydrogens is 214 g/mol. The van der Waals surface area contributed by atoms with Crippen molar-refractivity contribution in [1.29, 1.82) is 0 Å². The average molecular weight is 235 g/mol. The summed E-state index contributed by atoms with van der Waals surface area (Å²) in [5.41, 5.74) is 7.05. The Labute approximate surface area is 103 Å². The average Bonchev–Trinajstić information content (AvgIpc) is 2.67. The van der Waals surface area contributed by atoms with Crippen molar-refractivity contribution in [3.63, 3.8) is 0 Å². The molecule has 0 aliphatic rings. The first-order valence-electron chi connectivity index (χ1n) is 5.99. The van der Waals surface area contributed by atoms with Gasteiger partial charge in [-0.25, -0.2) is 0 Å². The Morgan fingerprint density at radius 3 is 2.82 bits per heavy atom. The zero-order chi connectivity index (χ0) is 12.8. The number of rotatable bonds is 6. The van der Waals surface area contributed by atoms with Crippen LogP contribution in [0.4, 0.5) is 5.69 Å². The van der Waals surface area contributed by atoms with Crippen LogP contribution in [0.25, 0.3) is 0 Å². The summed E-state index contributed by atoms with van der Waals surface area (Å²) >= 11 is 0. The lowest BCUT2D eigenvalue weighted by atomic mass is 10.3. The number of hydrogen-bond donors (Lipinski definition) is 1. The number of amides is 1. The van der Waals surface area contributed by atoms with E-state index < -0.39 is 0 Å². The third-order valence-corrected chi connectivity index (χ3v) is 2.62. The van der Waals surface area contributed by atoms with E-state index in [1.54, 1.807) is 17.0 Å². The second-order valence-electron chi connectivity index (χ2n) is 3.98. The van der Waals surface area contributed by atoms with E-state index in [9.17, 15) is 4.79 Å². The van der Waals surface area contributed by atoms with Gasteiger partial charge < -0.3 is 15.2 Å². The Bertz CT molecular complexity index is 395. The number of carbonyl (C=O) groups excluding carboxylic acids is 1. The van der Waals surface area contributed by atoms with Gasteiger partial charge in [-0.15, -0.1) is 6.58 Å². The molecule has 17 heavy (non-hydrogen) atoms. The van der Waals surface area contributed by atoms with Crippen molar-refractivity contribution in [3.8, 4) is 0 Å². The lowest BCUT2D eigenvalue weighted by molar-refractivity contribution is 0.0771. The first kappa shape index (κ1) is 13.4. The van der Waals surface area contributed by atoms with Crippen molar-refractivity contribution in [2.24, 2.45) is 0 Å². The second-order valence-corrected chi connectivity index (χ2v) is 3.98. The maximum Gasteiger partial charge on any atom is 0.270 e.